The lowest BCUT2D eigenvalue weighted by Gasteiger charge is -2.24. The van der Waals surface area contributed by atoms with Crippen molar-refractivity contribution < 1.29 is 0 Å². The first-order chi connectivity index (χ1) is 28.8. The summed E-state index contributed by atoms with van der Waals surface area (Å²) in [5.41, 5.74) is 21.8. The molecule has 0 saturated carbocycles. The van der Waals surface area contributed by atoms with Gasteiger partial charge in [-0.15, -0.1) is 0 Å². The molecule has 1 heteroatoms. The van der Waals surface area contributed by atoms with E-state index >= 15 is 0 Å². The fraction of sp³-hybridized carbons (Fsp3) is 0.0175. The molecule has 0 saturated heterocycles. The van der Waals surface area contributed by atoms with Gasteiger partial charge in [0.1, 0.15) is 0 Å². The van der Waals surface area contributed by atoms with Crippen molar-refractivity contribution in [3.8, 4) is 72.4 Å². The Morgan fingerprint density at radius 3 is 1.34 bits per heavy atom. The summed E-state index contributed by atoms with van der Waals surface area (Å²) >= 11 is 0. The van der Waals surface area contributed by atoms with Crippen LogP contribution in [-0.4, -0.2) is 4.57 Å². The molecule has 0 fully saturated rings. The van der Waals surface area contributed by atoms with E-state index in [4.69, 9.17) is 0 Å². The number of aromatic nitrogens is 1. The van der Waals surface area contributed by atoms with Crippen molar-refractivity contribution in [1.29, 1.82) is 0 Å². The van der Waals surface area contributed by atoms with Crippen LogP contribution in [0, 0.1) is 0 Å². The summed E-state index contributed by atoms with van der Waals surface area (Å²) in [5, 5.41) is 7.58. The van der Waals surface area contributed by atoms with E-state index in [1.807, 2.05) is 0 Å². The molecule has 1 heterocycles. The van der Waals surface area contributed by atoms with Crippen LogP contribution in [0.25, 0.3) is 116 Å². The van der Waals surface area contributed by atoms with E-state index in [1.54, 1.807) is 0 Å². The Balaban J connectivity index is 1.12. The first kappa shape index (κ1) is 31.7. The molecule has 10 aromatic carbocycles. The SMILES string of the molecule is c1ccc2c(c1)Cc1cc3c4ccccc4n(-c4c5ccccc5c(-c5ccc6c(c5)-c5ccccc5-c5ccccc5-c5ccccc5-6)c5ccccc45)c3cc1-2. The normalized spacial score (nSPS) is 12.4. The first-order valence-corrected chi connectivity index (χ1v) is 20.3. The summed E-state index contributed by atoms with van der Waals surface area (Å²) in [7, 11) is 0. The maximum absolute atomic E-state index is 2.56. The third-order valence-corrected chi connectivity index (χ3v) is 13.0. The van der Waals surface area contributed by atoms with Crippen LogP contribution in [0.15, 0.2) is 200 Å². The van der Waals surface area contributed by atoms with Gasteiger partial charge in [0.25, 0.3) is 0 Å². The largest absolute Gasteiger partial charge is 0.308 e. The second kappa shape index (κ2) is 12.0. The Morgan fingerprint density at radius 2 is 0.741 bits per heavy atom. The fourth-order valence-electron chi connectivity index (χ4n) is 10.5. The molecule has 11 aromatic rings. The van der Waals surface area contributed by atoms with Crippen molar-refractivity contribution in [2.24, 2.45) is 0 Å². The molecule has 0 spiro atoms. The van der Waals surface area contributed by atoms with Crippen LogP contribution in [-0.2, 0) is 6.42 Å². The highest BCUT2D eigenvalue weighted by Crippen LogP contribution is 2.51. The zero-order valence-electron chi connectivity index (χ0n) is 31.7. The topological polar surface area (TPSA) is 4.93 Å². The van der Waals surface area contributed by atoms with E-state index in [1.165, 1.54) is 127 Å². The summed E-state index contributed by atoms with van der Waals surface area (Å²) in [6, 6.07) is 74.9. The highest BCUT2D eigenvalue weighted by Gasteiger charge is 2.26. The van der Waals surface area contributed by atoms with Crippen LogP contribution >= 0.6 is 0 Å². The van der Waals surface area contributed by atoms with Gasteiger partial charge < -0.3 is 4.57 Å². The highest BCUT2D eigenvalue weighted by molar-refractivity contribution is 6.21. The predicted molar refractivity (Wildman–Crippen MR) is 245 cm³/mol. The maximum atomic E-state index is 2.56. The molecule has 0 N–H and O–H groups in total. The van der Waals surface area contributed by atoms with Gasteiger partial charge in [0.05, 0.1) is 16.7 Å². The number of hydrogen-bond acceptors (Lipinski definition) is 0. The molecule has 268 valence electrons. The third-order valence-electron chi connectivity index (χ3n) is 13.0. The summed E-state index contributed by atoms with van der Waals surface area (Å²) in [5.74, 6) is 0. The molecule has 0 amide bonds. The van der Waals surface area contributed by atoms with Crippen molar-refractivity contribution in [3.63, 3.8) is 0 Å². The third kappa shape index (κ3) is 4.36. The molecule has 2 aliphatic rings. The van der Waals surface area contributed by atoms with Gasteiger partial charge in [-0.1, -0.05) is 176 Å². The Morgan fingerprint density at radius 1 is 0.276 bits per heavy atom. The van der Waals surface area contributed by atoms with Gasteiger partial charge in [0.2, 0.25) is 0 Å². The van der Waals surface area contributed by atoms with Crippen molar-refractivity contribution in [3.05, 3.63) is 211 Å². The minimum atomic E-state index is 0.977. The molecule has 0 radical (unpaired) electrons. The van der Waals surface area contributed by atoms with E-state index < -0.39 is 0 Å². The highest BCUT2D eigenvalue weighted by atomic mass is 15.0. The zero-order chi connectivity index (χ0) is 37.9. The standard InChI is InChI=1S/C57H35N/c1-2-16-38-35(15-1)31-37-33-53-46-23-13-14-28-54(46)58(55(53)34-51(37)38)57-49-26-11-9-24-47(49)56(48-25-10-12-27-50(48)57)36-29-30-45-43-21-6-5-19-41(43)39-17-3-4-18-40(39)42-20-7-8-22-44(42)52(45)32-36/h1-30,32-34H,31H2. The molecule has 58 heavy (non-hydrogen) atoms. The average Bonchev–Trinajstić information content (AvgIpc) is 3.81. The number of hydrogen-bond donors (Lipinski definition) is 0. The summed E-state index contributed by atoms with van der Waals surface area (Å²) in [4.78, 5) is 0. The van der Waals surface area contributed by atoms with E-state index in [2.05, 4.69) is 205 Å². The van der Waals surface area contributed by atoms with Gasteiger partial charge in [-0.05, 0) is 119 Å². The van der Waals surface area contributed by atoms with Crippen molar-refractivity contribution in [2.75, 3.05) is 0 Å². The molecule has 0 aliphatic heterocycles. The summed E-state index contributed by atoms with van der Waals surface area (Å²) < 4.78 is 2.56. The lowest BCUT2D eigenvalue weighted by Crippen LogP contribution is -2.00. The van der Waals surface area contributed by atoms with E-state index in [0.717, 1.165) is 6.42 Å². The summed E-state index contributed by atoms with van der Waals surface area (Å²) in [6.07, 6.45) is 0.977. The van der Waals surface area contributed by atoms with Crippen LogP contribution in [0.3, 0.4) is 0 Å². The lowest BCUT2D eigenvalue weighted by molar-refractivity contribution is 1.21. The Labute approximate surface area is 336 Å². The summed E-state index contributed by atoms with van der Waals surface area (Å²) in [6.45, 7) is 0. The first-order valence-electron chi connectivity index (χ1n) is 20.3. The number of rotatable bonds is 2. The van der Waals surface area contributed by atoms with Gasteiger partial charge in [-0.2, -0.15) is 0 Å². The van der Waals surface area contributed by atoms with Crippen LogP contribution < -0.4 is 0 Å². The van der Waals surface area contributed by atoms with Crippen LogP contribution in [0.2, 0.25) is 0 Å². The van der Waals surface area contributed by atoms with Gasteiger partial charge in [-0.3, -0.25) is 0 Å². The van der Waals surface area contributed by atoms with Gasteiger partial charge in [0.15, 0.2) is 0 Å². The second-order valence-corrected chi connectivity index (χ2v) is 15.9. The lowest BCUT2D eigenvalue weighted by atomic mass is 9.79. The van der Waals surface area contributed by atoms with Crippen LogP contribution in [0.5, 0.6) is 0 Å². The fourth-order valence-corrected chi connectivity index (χ4v) is 10.5. The molecule has 0 unspecified atom stereocenters. The number of fused-ring (bicyclic) bond motifs is 16. The Hall–Kier alpha value is -7.48. The molecule has 1 aromatic heterocycles. The molecule has 1 nitrogen and oxygen atoms in total. The van der Waals surface area contributed by atoms with Crippen molar-refractivity contribution in [1.82, 2.24) is 4.57 Å². The second-order valence-electron chi connectivity index (χ2n) is 15.9. The predicted octanol–water partition coefficient (Wildman–Crippen LogP) is 15.3. The minimum absolute atomic E-state index is 0.977. The van der Waals surface area contributed by atoms with Crippen molar-refractivity contribution in [2.45, 2.75) is 6.42 Å². The molecule has 2 aliphatic carbocycles. The van der Waals surface area contributed by atoms with Crippen molar-refractivity contribution >= 4 is 43.4 Å². The molecule has 0 bridgehead atoms. The van der Waals surface area contributed by atoms with Gasteiger partial charge >= 0.3 is 0 Å². The molecular weight excluding hydrogens is 699 g/mol. The zero-order valence-corrected chi connectivity index (χ0v) is 31.7. The number of nitrogens with zero attached hydrogens (tertiary/aromatic N) is 1. The number of benzene rings is 10. The van der Waals surface area contributed by atoms with E-state index in [-0.39, 0.29) is 0 Å². The van der Waals surface area contributed by atoms with Gasteiger partial charge in [-0.25, -0.2) is 0 Å². The minimum Gasteiger partial charge on any atom is -0.308 e. The van der Waals surface area contributed by atoms with Crippen LogP contribution in [0.1, 0.15) is 11.1 Å². The van der Waals surface area contributed by atoms with Crippen LogP contribution in [0.4, 0.5) is 0 Å². The quantitative estimate of drug-likeness (QED) is 0.156. The Kier molecular flexibility index (Phi) is 6.56. The molecule has 0 atom stereocenters. The molecular formula is C57H35N. The average molecular weight is 734 g/mol. The number of para-hydroxylation sites is 1. The monoisotopic (exact) mass is 733 g/mol. The maximum Gasteiger partial charge on any atom is 0.0619 e. The smallest absolute Gasteiger partial charge is 0.0619 e. The molecule has 13 rings (SSSR count). The van der Waals surface area contributed by atoms with E-state index in [9.17, 15) is 0 Å². The van der Waals surface area contributed by atoms with E-state index in [0.29, 0.717) is 0 Å². The Bertz CT molecular complexity index is 3480. The van der Waals surface area contributed by atoms with Gasteiger partial charge in [0, 0.05) is 21.5 Å².